The highest BCUT2D eigenvalue weighted by Crippen LogP contribution is 2.29. The molecule has 0 amide bonds. The van der Waals surface area contributed by atoms with Crippen molar-refractivity contribution >= 4 is 32.8 Å². The second kappa shape index (κ2) is 2.34. The minimum atomic E-state index is -4.15. The van der Waals surface area contributed by atoms with Crippen molar-refractivity contribution in [2.24, 2.45) is 20.4 Å². The summed E-state index contributed by atoms with van der Waals surface area (Å²) in [4.78, 5) is 3.57. The molecule has 2 heterocycles. The molecule has 1 N–H and O–H groups in total. The Kier molecular flexibility index (Phi) is 1.53. The molecule has 0 aromatic heterocycles. The van der Waals surface area contributed by atoms with Crippen molar-refractivity contribution in [3.63, 3.8) is 0 Å². The monoisotopic (exact) mass is 206 g/mol. The van der Waals surface area contributed by atoms with E-state index in [2.05, 4.69) is 20.4 Å². The highest BCUT2D eigenvalue weighted by atomic mass is 32.3. The molecule has 1 unspecified atom stereocenters. The summed E-state index contributed by atoms with van der Waals surface area (Å²) in [7, 11) is -4.15. The van der Waals surface area contributed by atoms with Crippen LogP contribution < -0.4 is 0 Å². The van der Waals surface area contributed by atoms with E-state index in [-0.39, 0.29) is 5.84 Å². The molecule has 12 heavy (non-hydrogen) atoms. The molecule has 0 aliphatic carbocycles. The molecular weight excluding hydrogens is 204 g/mol. The van der Waals surface area contributed by atoms with Gasteiger partial charge in [-0.05, 0) is 5.22 Å². The van der Waals surface area contributed by atoms with Gasteiger partial charge in [-0.15, -0.1) is 10.2 Å². The molecule has 2 rings (SSSR count). The van der Waals surface area contributed by atoms with Gasteiger partial charge in [-0.2, -0.15) is 8.42 Å². The molecule has 2 aliphatic heterocycles. The van der Waals surface area contributed by atoms with E-state index >= 15 is 0 Å². The molecule has 0 fully saturated rings. The number of hydrogen-bond acceptors (Lipinski definition) is 7. The van der Waals surface area contributed by atoms with Gasteiger partial charge in [0.2, 0.25) is 10.5 Å². The maximum Gasteiger partial charge on any atom is 0.298 e. The second-order valence-electron chi connectivity index (χ2n) is 1.99. The Morgan fingerprint density at radius 1 is 1.50 bits per heavy atom. The van der Waals surface area contributed by atoms with E-state index in [4.69, 9.17) is 4.55 Å². The predicted molar refractivity (Wildman–Crippen MR) is 42.7 cm³/mol. The van der Waals surface area contributed by atoms with Crippen LogP contribution in [0.1, 0.15) is 0 Å². The van der Waals surface area contributed by atoms with E-state index in [1.165, 1.54) is 0 Å². The van der Waals surface area contributed by atoms with Crippen LogP contribution in [-0.2, 0) is 10.1 Å². The molecule has 0 aromatic carbocycles. The molecule has 7 nitrogen and oxygen atoms in total. The van der Waals surface area contributed by atoms with Crippen molar-refractivity contribution in [1.29, 1.82) is 0 Å². The van der Waals surface area contributed by atoms with Crippen LogP contribution in [0.2, 0.25) is 0 Å². The Morgan fingerprint density at radius 2 is 2.25 bits per heavy atom. The molecule has 0 aromatic rings. The normalized spacial score (nSPS) is 26.9. The lowest BCUT2D eigenvalue weighted by molar-refractivity contribution is 0.481. The molecule has 1 atom stereocenters. The van der Waals surface area contributed by atoms with Crippen molar-refractivity contribution in [1.82, 2.24) is 0 Å². The highest BCUT2D eigenvalue weighted by molar-refractivity contribution is 8.23. The highest BCUT2D eigenvalue weighted by Gasteiger charge is 2.35. The fourth-order valence-electron chi connectivity index (χ4n) is 0.699. The molecule has 9 heteroatoms. The van der Waals surface area contributed by atoms with E-state index < -0.39 is 14.8 Å². The lowest BCUT2D eigenvalue weighted by Crippen LogP contribution is -2.11. The van der Waals surface area contributed by atoms with Crippen molar-refractivity contribution in [2.45, 2.75) is 4.71 Å². The first-order chi connectivity index (χ1) is 5.57. The molecule has 0 radical (unpaired) electrons. The van der Waals surface area contributed by atoms with Crippen molar-refractivity contribution in [3.05, 3.63) is 0 Å². The third kappa shape index (κ3) is 1.15. The van der Waals surface area contributed by atoms with Gasteiger partial charge in [-0.25, -0.2) is 4.99 Å². The van der Waals surface area contributed by atoms with Crippen LogP contribution in [0.25, 0.3) is 0 Å². The van der Waals surface area contributed by atoms with Gasteiger partial charge in [0.1, 0.15) is 0 Å². The Hall–Kier alpha value is -0.800. The summed E-state index contributed by atoms with van der Waals surface area (Å²) in [6.45, 7) is 0. The molecule has 64 valence electrons. The average molecular weight is 206 g/mol. The number of nitrogens with zero attached hydrogens (tertiary/aromatic N) is 4. The number of aliphatic imine (C=N–C) groups is 1. The number of fused-ring (bicyclic) bond motifs is 1. The topological polar surface area (TPSA) is 104 Å². The molecular formula is C3H2N4O3S2. The second-order valence-corrected chi connectivity index (χ2v) is 4.83. The van der Waals surface area contributed by atoms with Crippen molar-refractivity contribution in [2.75, 3.05) is 0 Å². The van der Waals surface area contributed by atoms with E-state index in [9.17, 15) is 8.42 Å². The molecule has 0 spiro atoms. The zero-order valence-corrected chi connectivity index (χ0v) is 7.08. The third-order valence-electron chi connectivity index (χ3n) is 1.16. The van der Waals surface area contributed by atoms with Gasteiger partial charge in [-0.3, -0.25) is 4.55 Å². The Bertz CT molecular complexity index is 407. The summed E-state index contributed by atoms with van der Waals surface area (Å²) in [6.07, 6.45) is 0. The Morgan fingerprint density at radius 3 is 2.83 bits per heavy atom. The standard InChI is InChI=1S/C3H2N4O3S2/c8-12(9,10)3-4-1-2(11-3)6-7-5-1/h3H,(H,8,9,10). The van der Waals surface area contributed by atoms with Gasteiger partial charge in [0.15, 0.2) is 5.04 Å². The van der Waals surface area contributed by atoms with E-state index in [1.807, 2.05) is 0 Å². The summed E-state index contributed by atoms with van der Waals surface area (Å²) in [5.74, 6) is 0.169. The van der Waals surface area contributed by atoms with Crippen LogP contribution in [0.3, 0.4) is 0 Å². The van der Waals surface area contributed by atoms with Crippen LogP contribution >= 0.6 is 11.8 Å². The van der Waals surface area contributed by atoms with E-state index in [0.717, 1.165) is 11.8 Å². The van der Waals surface area contributed by atoms with Gasteiger partial charge >= 0.3 is 0 Å². The minimum absolute atomic E-state index is 0.169. The quantitative estimate of drug-likeness (QED) is 0.613. The smallest absolute Gasteiger partial charge is 0.283 e. The third-order valence-corrected chi connectivity index (χ3v) is 3.59. The van der Waals surface area contributed by atoms with Crippen LogP contribution in [0, 0.1) is 0 Å². The zero-order chi connectivity index (χ0) is 8.77. The molecule has 0 saturated heterocycles. The Labute approximate surface area is 71.4 Å². The Balaban J connectivity index is 2.36. The molecule has 2 aliphatic rings. The van der Waals surface area contributed by atoms with Gasteiger partial charge in [0.05, 0.1) is 0 Å². The summed E-state index contributed by atoms with van der Waals surface area (Å²) in [5, 5.41) is 10.5. The summed E-state index contributed by atoms with van der Waals surface area (Å²) < 4.78 is 28.5. The van der Waals surface area contributed by atoms with Gasteiger partial charge in [0.25, 0.3) is 10.1 Å². The van der Waals surface area contributed by atoms with Crippen LogP contribution in [-0.4, -0.2) is 28.6 Å². The average Bonchev–Trinajstić information content (AvgIpc) is 2.37. The predicted octanol–water partition coefficient (Wildman–Crippen LogP) is 0.0824. The van der Waals surface area contributed by atoms with E-state index in [1.54, 1.807) is 0 Å². The lowest BCUT2D eigenvalue weighted by atomic mass is 10.7. The summed E-state index contributed by atoms with van der Waals surface area (Å²) >= 11 is 0.809. The number of thioether (sulfide) groups is 1. The number of rotatable bonds is 1. The molecule has 0 saturated carbocycles. The summed E-state index contributed by atoms with van der Waals surface area (Å²) in [6, 6.07) is 0. The minimum Gasteiger partial charge on any atom is -0.283 e. The zero-order valence-electron chi connectivity index (χ0n) is 5.45. The van der Waals surface area contributed by atoms with E-state index in [0.29, 0.717) is 5.04 Å². The number of hydrogen-bond donors (Lipinski definition) is 1. The molecule has 0 bridgehead atoms. The fraction of sp³-hybridized carbons (Fsp3) is 0.333. The fourth-order valence-corrected chi connectivity index (χ4v) is 2.32. The first kappa shape index (κ1) is 7.83. The first-order valence-corrected chi connectivity index (χ1v) is 5.15. The number of amidine groups is 1. The largest absolute Gasteiger partial charge is 0.298 e. The van der Waals surface area contributed by atoms with Crippen LogP contribution in [0.4, 0.5) is 0 Å². The SMILES string of the molecule is O=S(=O)(O)C1N=C2N=NN=C2S1. The van der Waals surface area contributed by atoms with Crippen molar-refractivity contribution in [3.8, 4) is 0 Å². The lowest BCUT2D eigenvalue weighted by Gasteiger charge is -1.98. The van der Waals surface area contributed by atoms with Gasteiger partial charge in [-0.1, -0.05) is 11.8 Å². The maximum atomic E-state index is 10.6. The van der Waals surface area contributed by atoms with Gasteiger partial charge in [0, 0.05) is 0 Å². The van der Waals surface area contributed by atoms with Gasteiger partial charge < -0.3 is 0 Å². The first-order valence-electron chi connectivity index (χ1n) is 2.77. The van der Waals surface area contributed by atoms with Crippen molar-refractivity contribution < 1.29 is 13.0 Å². The maximum absolute atomic E-state index is 10.6. The van der Waals surface area contributed by atoms with Crippen LogP contribution in [0.5, 0.6) is 0 Å². The summed E-state index contributed by atoms with van der Waals surface area (Å²) in [5.41, 5.74) is 0. The van der Waals surface area contributed by atoms with Crippen LogP contribution in [0.15, 0.2) is 20.4 Å².